The smallest absolute Gasteiger partial charge is 0.342 e. The molecule has 1 aromatic heterocycles. The van der Waals surface area contributed by atoms with Gasteiger partial charge in [0, 0.05) is 21.6 Å². The molecule has 3 N–H and O–H groups in total. The first-order valence-electron chi connectivity index (χ1n) is 10.5. The number of rotatable bonds is 5. The van der Waals surface area contributed by atoms with Crippen LogP contribution in [0.1, 0.15) is 47.2 Å². The van der Waals surface area contributed by atoms with E-state index in [0.717, 1.165) is 18.2 Å². The van der Waals surface area contributed by atoms with Gasteiger partial charge in [0.05, 0.1) is 17.7 Å². The molecule has 0 spiro atoms. The van der Waals surface area contributed by atoms with Crippen molar-refractivity contribution < 1.29 is 37.4 Å². The summed E-state index contributed by atoms with van der Waals surface area (Å²) in [5, 5.41) is 20.4. The molecule has 0 aliphatic heterocycles. The number of hydrogen-bond acceptors (Lipinski definition) is 7. The number of carbonyl (C=O) groups is 2. The lowest BCUT2D eigenvalue weighted by molar-refractivity contribution is 0.0597. The van der Waals surface area contributed by atoms with Crippen LogP contribution in [0, 0.1) is 0 Å². The van der Waals surface area contributed by atoms with Gasteiger partial charge in [0.15, 0.2) is 0 Å². The first-order valence-corrected chi connectivity index (χ1v) is 12.0. The molecule has 9 nitrogen and oxygen atoms in total. The molecule has 4 rings (SSSR count). The molecular weight excluding hydrogens is 474 g/mol. The molecule has 0 bridgehead atoms. The minimum Gasteiger partial charge on any atom is -0.507 e. The number of aromatic carboxylic acids is 1. The summed E-state index contributed by atoms with van der Waals surface area (Å²) in [6.45, 7) is 5.65. The van der Waals surface area contributed by atoms with Gasteiger partial charge in [0.25, 0.3) is 10.0 Å². The fourth-order valence-corrected chi connectivity index (χ4v) is 4.99. The Morgan fingerprint density at radius 2 is 1.66 bits per heavy atom. The number of benzene rings is 3. The number of methoxy groups -OCH3 is 1. The van der Waals surface area contributed by atoms with Gasteiger partial charge >= 0.3 is 11.9 Å². The Morgan fingerprint density at radius 3 is 2.26 bits per heavy atom. The van der Waals surface area contributed by atoms with Crippen molar-refractivity contribution in [3.05, 3.63) is 65.4 Å². The van der Waals surface area contributed by atoms with Crippen LogP contribution >= 0.6 is 0 Å². The molecule has 0 aliphatic carbocycles. The summed E-state index contributed by atoms with van der Waals surface area (Å²) in [4.78, 5) is 23.8. The Morgan fingerprint density at radius 1 is 1.00 bits per heavy atom. The molecule has 0 saturated heterocycles. The van der Waals surface area contributed by atoms with E-state index in [1.165, 1.54) is 13.2 Å². The minimum absolute atomic E-state index is 0.157. The summed E-state index contributed by atoms with van der Waals surface area (Å²) >= 11 is 0. The highest BCUT2D eigenvalue weighted by Crippen LogP contribution is 2.41. The Hall–Kier alpha value is -4.05. The number of furan rings is 1. The second kappa shape index (κ2) is 8.31. The zero-order valence-corrected chi connectivity index (χ0v) is 20.2. The Bertz CT molecular complexity index is 1610. The van der Waals surface area contributed by atoms with E-state index < -0.39 is 38.7 Å². The Balaban J connectivity index is 1.98. The van der Waals surface area contributed by atoms with Crippen LogP contribution in [0.15, 0.2) is 57.8 Å². The molecule has 0 fully saturated rings. The number of fused-ring (bicyclic) bond motifs is 3. The number of anilines is 1. The van der Waals surface area contributed by atoms with E-state index in [0.29, 0.717) is 27.5 Å². The predicted octanol–water partition coefficient (Wildman–Crippen LogP) is 4.87. The van der Waals surface area contributed by atoms with Crippen LogP contribution < -0.4 is 4.72 Å². The largest absolute Gasteiger partial charge is 0.507 e. The summed E-state index contributed by atoms with van der Waals surface area (Å²) in [5.74, 6) is -2.25. The monoisotopic (exact) mass is 497 g/mol. The summed E-state index contributed by atoms with van der Waals surface area (Å²) in [6.07, 6.45) is 0. The molecule has 10 heteroatoms. The third kappa shape index (κ3) is 4.17. The second-order valence-electron chi connectivity index (χ2n) is 8.98. The maximum atomic E-state index is 13.2. The minimum atomic E-state index is -4.28. The SMILES string of the molecule is COC(=O)c1c(C(C)(C)C)oc2c1cc(NS(=O)(=O)c1ccc(O)c(C(=O)O)c1)c1ccccc12. The fraction of sp³-hybridized carbons (Fsp3) is 0.200. The molecule has 3 aromatic carbocycles. The summed E-state index contributed by atoms with van der Waals surface area (Å²) in [6, 6.07) is 11.4. The van der Waals surface area contributed by atoms with Crippen molar-refractivity contribution in [2.75, 3.05) is 11.8 Å². The molecule has 0 amide bonds. The fourth-order valence-electron chi connectivity index (χ4n) is 3.89. The van der Waals surface area contributed by atoms with Crippen LogP contribution in [-0.2, 0) is 20.2 Å². The molecule has 35 heavy (non-hydrogen) atoms. The van der Waals surface area contributed by atoms with Crippen molar-refractivity contribution in [3.63, 3.8) is 0 Å². The van der Waals surface area contributed by atoms with Gasteiger partial charge in [-0.3, -0.25) is 4.72 Å². The number of hydrogen-bond donors (Lipinski definition) is 3. The summed E-state index contributed by atoms with van der Waals surface area (Å²) in [5.41, 5.74) is -0.344. The van der Waals surface area contributed by atoms with Gasteiger partial charge in [-0.25, -0.2) is 18.0 Å². The lowest BCUT2D eigenvalue weighted by Gasteiger charge is -2.16. The predicted molar refractivity (Wildman–Crippen MR) is 130 cm³/mol. The zero-order valence-electron chi connectivity index (χ0n) is 19.4. The van der Waals surface area contributed by atoms with Gasteiger partial charge in [-0.2, -0.15) is 0 Å². The average molecular weight is 498 g/mol. The number of esters is 1. The molecule has 0 aliphatic rings. The Kier molecular flexibility index (Phi) is 5.72. The number of phenols is 1. The van der Waals surface area contributed by atoms with E-state index in [2.05, 4.69) is 4.72 Å². The lowest BCUT2D eigenvalue weighted by Crippen LogP contribution is -2.16. The quantitative estimate of drug-likeness (QED) is 0.331. The molecular formula is C25H23NO8S. The van der Waals surface area contributed by atoms with Gasteiger partial charge < -0.3 is 19.4 Å². The van der Waals surface area contributed by atoms with Gasteiger partial charge in [0.1, 0.15) is 28.2 Å². The third-order valence-corrected chi connectivity index (χ3v) is 6.88. The number of sulfonamides is 1. The summed E-state index contributed by atoms with van der Waals surface area (Å²) < 4.78 is 40.0. The highest BCUT2D eigenvalue weighted by atomic mass is 32.2. The van der Waals surface area contributed by atoms with Crippen molar-refractivity contribution >= 4 is 49.4 Å². The van der Waals surface area contributed by atoms with E-state index in [4.69, 9.17) is 9.15 Å². The van der Waals surface area contributed by atoms with Crippen LogP contribution in [0.3, 0.4) is 0 Å². The standard InChI is InChI=1S/C25H23NO8S/c1-25(2,3)22-20(24(30)33-4)17-12-18(14-7-5-6-8-15(14)21(17)34-22)26-35(31,32)13-9-10-19(27)16(11-13)23(28)29/h5-12,26-27H,1-4H3,(H,28,29). The van der Waals surface area contributed by atoms with Crippen LogP contribution in [0.5, 0.6) is 5.75 Å². The van der Waals surface area contributed by atoms with Gasteiger partial charge in [-0.05, 0) is 24.3 Å². The number of ether oxygens (including phenoxy) is 1. The molecule has 0 atom stereocenters. The van der Waals surface area contributed by atoms with Crippen molar-refractivity contribution in [1.29, 1.82) is 0 Å². The van der Waals surface area contributed by atoms with Crippen molar-refractivity contribution in [3.8, 4) is 5.75 Å². The maximum Gasteiger partial charge on any atom is 0.342 e. The van der Waals surface area contributed by atoms with Gasteiger partial charge in [-0.15, -0.1) is 0 Å². The van der Waals surface area contributed by atoms with Crippen molar-refractivity contribution in [2.24, 2.45) is 0 Å². The summed E-state index contributed by atoms with van der Waals surface area (Å²) in [7, 11) is -3.02. The number of carbonyl (C=O) groups excluding carboxylic acids is 1. The third-order valence-electron chi connectivity index (χ3n) is 5.52. The first-order chi connectivity index (χ1) is 16.3. The molecule has 0 radical (unpaired) electrons. The highest BCUT2D eigenvalue weighted by Gasteiger charge is 2.31. The van der Waals surface area contributed by atoms with Crippen molar-refractivity contribution in [1.82, 2.24) is 0 Å². The molecule has 0 saturated carbocycles. The van der Waals surface area contributed by atoms with E-state index >= 15 is 0 Å². The average Bonchev–Trinajstić information content (AvgIpc) is 3.18. The maximum absolute atomic E-state index is 13.2. The second-order valence-corrected chi connectivity index (χ2v) is 10.7. The Labute approximate surface area is 201 Å². The topological polar surface area (TPSA) is 143 Å². The van der Waals surface area contributed by atoms with Crippen LogP contribution in [-0.4, -0.2) is 37.7 Å². The number of aromatic hydroxyl groups is 1. The van der Waals surface area contributed by atoms with Crippen LogP contribution in [0.2, 0.25) is 0 Å². The van der Waals surface area contributed by atoms with Gasteiger partial charge in [0.2, 0.25) is 0 Å². The molecule has 0 unspecified atom stereocenters. The molecule has 1 heterocycles. The van der Waals surface area contributed by atoms with E-state index in [-0.39, 0.29) is 16.1 Å². The first kappa shape index (κ1) is 24.1. The van der Waals surface area contributed by atoms with E-state index in [1.807, 2.05) is 20.8 Å². The van der Waals surface area contributed by atoms with Gasteiger partial charge in [-0.1, -0.05) is 45.0 Å². The number of carboxylic acid groups (broad SMARTS) is 1. The van der Waals surface area contributed by atoms with Crippen molar-refractivity contribution in [2.45, 2.75) is 31.1 Å². The number of nitrogens with one attached hydrogen (secondary N) is 1. The molecule has 182 valence electrons. The molecule has 4 aromatic rings. The normalized spacial score (nSPS) is 12.1. The van der Waals surface area contributed by atoms with Crippen LogP contribution in [0.25, 0.3) is 21.7 Å². The highest BCUT2D eigenvalue weighted by molar-refractivity contribution is 7.92. The number of carboxylic acids is 1. The lowest BCUT2D eigenvalue weighted by atomic mass is 9.89. The van der Waals surface area contributed by atoms with Crippen LogP contribution in [0.4, 0.5) is 5.69 Å². The zero-order chi connectivity index (χ0) is 25.7. The van der Waals surface area contributed by atoms with E-state index in [9.17, 15) is 28.2 Å². The van der Waals surface area contributed by atoms with E-state index in [1.54, 1.807) is 24.3 Å².